The monoisotopic (exact) mass is 438 g/mol. The number of anilines is 1. The van der Waals surface area contributed by atoms with Crippen LogP contribution in [-0.4, -0.2) is 39.8 Å². The van der Waals surface area contributed by atoms with E-state index in [-0.39, 0.29) is 30.0 Å². The summed E-state index contributed by atoms with van der Waals surface area (Å²) in [5, 5.41) is 2.78. The molecule has 1 saturated carbocycles. The van der Waals surface area contributed by atoms with Gasteiger partial charge in [0.2, 0.25) is 11.8 Å². The van der Waals surface area contributed by atoms with E-state index in [4.69, 9.17) is 9.97 Å². The lowest BCUT2D eigenvalue weighted by atomic mass is 10.0. The molecular formula is C25H31FN4O2. The molecule has 2 heterocycles. The minimum atomic E-state index is -0.343. The van der Waals surface area contributed by atoms with Gasteiger partial charge in [-0.2, -0.15) is 0 Å². The van der Waals surface area contributed by atoms with Crippen molar-refractivity contribution in [2.45, 2.75) is 64.7 Å². The number of amides is 2. The Morgan fingerprint density at radius 2 is 1.72 bits per heavy atom. The Labute approximate surface area is 188 Å². The number of carbonyl (C=O) groups excluding carboxylic acids is 2. The molecule has 2 fully saturated rings. The Hall–Kier alpha value is -2.83. The van der Waals surface area contributed by atoms with Gasteiger partial charge in [0, 0.05) is 48.1 Å². The molecule has 7 heteroatoms. The lowest BCUT2D eigenvalue weighted by molar-refractivity contribution is -0.131. The van der Waals surface area contributed by atoms with Crippen LogP contribution in [0.5, 0.6) is 0 Å². The van der Waals surface area contributed by atoms with Gasteiger partial charge in [-0.15, -0.1) is 0 Å². The smallest absolute Gasteiger partial charge is 0.228 e. The molecule has 1 atom stereocenters. The van der Waals surface area contributed by atoms with Crippen LogP contribution in [0.4, 0.5) is 10.1 Å². The number of carbonyl (C=O) groups is 2. The minimum absolute atomic E-state index is 0.141. The van der Waals surface area contributed by atoms with Gasteiger partial charge >= 0.3 is 0 Å². The molecule has 1 N–H and O–H groups in total. The first-order valence-electron chi connectivity index (χ1n) is 11.6. The standard InChI is InChI=1S/C25H31FN4O2/c1-16-22(14-23(31)29-21-9-7-20(26)8-10-21)17(2)28-25(27-16)19-11-12-30(15-19)24(32)13-18-5-3-4-6-18/h7-10,18-19H,3-6,11-15H2,1-2H3,(H,29,31)/t19-/m0/s1. The van der Waals surface area contributed by atoms with E-state index >= 15 is 0 Å². The van der Waals surface area contributed by atoms with E-state index in [1.165, 1.54) is 49.9 Å². The molecular weight excluding hydrogens is 407 g/mol. The van der Waals surface area contributed by atoms with Crippen molar-refractivity contribution in [2.24, 2.45) is 5.92 Å². The second-order valence-corrected chi connectivity index (χ2v) is 9.14. The van der Waals surface area contributed by atoms with Crippen LogP contribution in [0.2, 0.25) is 0 Å². The molecule has 1 aliphatic carbocycles. The highest BCUT2D eigenvalue weighted by atomic mass is 19.1. The van der Waals surface area contributed by atoms with Crippen LogP contribution in [0, 0.1) is 25.6 Å². The quantitative estimate of drug-likeness (QED) is 0.729. The first-order chi connectivity index (χ1) is 15.4. The van der Waals surface area contributed by atoms with Gasteiger partial charge in [0.05, 0.1) is 6.42 Å². The third kappa shape index (κ3) is 5.31. The highest BCUT2D eigenvalue weighted by Crippen LogP contribution is 2.31. The van der Waals surface area contributed by atoms with Crippen molar-refractivity contribution in [2.75, 3.05) is 18.4 Å². The van der Waals surface area contributed by atoms with Crippen LogP contribution in [0.15, 0.2) is 24.3 Å². The molecule has 170 valence electrons. The number of hydrogen-bond donors (Lipinski definition) is 1. The zero-order chi connectivity index (χ0) is 22.7. The number of nitrogens with one attached hydrogen (secondary N) is 1. The molecule has 1 aromatic carbocycles. The van der Waals surface area contributed by atoms with Crippen molar-refractivity contribution in [3.8, 4) is 0 Å². The third-order valence-corrected chi connectivity index (χ3v) is 6.75. The molecule has 1 saturated heterocycles. The van der Waals surface area contributed by atoms with Crippen LogP contribution in [0.25, 0.3) is 0 Å². The number of aromatic nitrogens is 2. The Bertz CT molecular complexity index is 963. The summed E-state index contributed by atoms with van der Waals surface area (Å²) in [6, 6.07) is 5.69. The second kappa shape index (κ2) is 9.76. The highest BCUT2D eigenvalue weighted by molar-refractivity contribution is 5.92. The van der Waals surface area contributed by atoms with E-state index in [1.807, 2.05) is 18.7 Å². The Morgan fingerprint density at radius 1 is 1.06 bits per heavy atom. The predicted octanol–water partition coefficient (Wildman–Crippen LogP) is 4.31. The number of hydrogen-bond acceptors (Lipinski definition) is 4. The molecule has 2 aliphatic rings. The largest absolute Gasteiger partial charge is 0.342 e. The lowest BCUT2D eigenvalue weighted by Gasteiger charge is -2.19. The molecule has 0 spiro atoms. The van der Waals surface area contributed by atoms with Crippen molar-refractivity contribution in [3.05, 3.63) is 52.9 Å². The van der Waals surface area contributed by atoms with Gasteiger partial charge in [0.25, 0.3) is 0 Å². The molecule has 0 radical (unpaired) electrons. The maximum atomic E-state index is 13.1. The number of nitrogens with zero attached hydrogens (tertiary/aromatic N) is 3. The molecule has 2 aromatic rings. The number of halogens is 1. The topological polar surface area (TPSA) is 75.2 Å². The van der Waals surface area contributed by atoms with Gasteiger partial charge in [-0.3, -0.25) is 9.59 Å². The van der Waals surface area contributed by atoms with Crippen molar-refractivity contribution in [1.29, 1.82) is 0 Å². The fourth-order valence-electron chi connectivity index (χ4n) is 4.89. The number of rotatable bonds is 6. The van der Waals surface area contributed by atoms with Crippen LogP contribution < -0.4 is 5.32 Å². The number of aryl methyl sites for hydroxylation is 2. The van der Waals surface area contributed by atoms with Gasteiger partial charge < -0.3 is 10.2 Å². The van der Waals surface area contributed by atoms with Crippen LogP contribution in [-0.2, 0) is 16.0 Å². The van der Waals surface area contributed by atoms with E-state index in [9.17, 15) is 14.0 Å². The number of likely N-dealkylation sites (tertiary alicyclic amines) is 1. The van der Waals surface area contributed by atoms with Crippen LogP contribution in [0.3, 0.4) is 0 Å². The van der Waals surface area contributed by atoms with E-state index < -0.39 is 0 Å². The van der Waals surface area contributed by atoms with Crippen molar-refractivity contribution in [1.82, 2.24) is 14.9 Å². The Morgan fingerprint density at radius 3 is 2.38 bits per heavy atom. The average molecular weight is 439 g/mol. The van der Waals surface area contributed by atoms with Crippen LogP contribution >= 0.6 is 0 Å². The molecule has 6 nitrogen and oxygen atoms in total. The summed E-state index contributed by atoms with van der Waals surface area (Å²) < 4.78 is 13.1. The van der Waals surface area contributed by atoms with Gasteiger partial charge in [-0.1, -0.05) is 12.8 Å². The minimum Gasteiger partial charge on any atom is -0.342 e. The van der Waals surface area contributed by atoms with E-state index in [0.29, 0.717) is 24.6 Å². The second-order valence-electron chi connectivity index (χ2n) is 9.14. The van der Waals surface area contributed by atoms with E-state index in [2.05, 4.69) is 5.32 Å². The summed E-state index contributed by atoms with van der Waals surface area (Å²) in [4.78, 5) is 36.5. The molecule has 4 rings (SSSR count). The third-order valence-electron chi connectivity index (χ3n) is 6.75. The van der Waals surface area contributed by atoms with Crippen molar-refractivity contribution in [3.63, 3.8) is 0 Å². The zero-order valence-corrected chi connectivity index (χ0v) is 18.9. The Balaban J connectivity index is 1.37. The predicted molar refractivity (Wildman–Crippen MR) is 121 cm³/mol. The average Bonchev–Trinajstić information content (AvgIpc) is 3.44. The zero-order valence-electron chi connectivity index (χ0n) is 18.9. The summed E-state index contributed by atoms with van der Waals surface area (Å²) in [5.41, 5.74) is 2.94. The summed E-state index contributed by atoms with van der Waals surface area (Å²) in [6.07, 6.45) is 6.57. The fourth-order valence-corrected chi connectivity index (χ4v) is 4.89. The van der Waals surface area contributed by atoms with Crippen LogP contribution in [0.1, 0.15) is 67.2 Å². The Kier molecular flexibility index (Phi) is 6.82. The molecule has 0 unspecified atom stereocenters. The molecule has 2 amide bonds. The summed E-state index contributed by atoms with van der Waals surface area (Å²) in [5.74, 6) is 1.19. The number of benzene rings is 1. The molecule has 0 bridgehead atoms. The highest BCUT2D eigenvalue weighted by Gasteiger charge is 2.31. The van der Waals surface area contributed by atoms with E-state index in [1.54, 1.807) is 0 Å². The maximum absolute atomic E-state index is 13.1. The van der Waals surface area contributed by atoms with Gasteiger partial charge in [-0.25, -0.2) is 14.4 Å². The van der Waals surface area contributed by atoms with Gasteiger partial charge in [0.15, 0.2) is 0 Å². The fraction of sp³-hybridized carbons (Fsp3) is 0.520. The normalized spacial score (nSPS) is 18.8. The van der Waals surface area contributed by atoms with E-state index in [0.717, 1.165) is 35.7 Å². The summed E-state index contributed by atoms with van der Waals surface area (Å²) in [7, 11) is 0. The van der Waals surface area contributed by atoms with Crippen molar-refractivity contribution < 1.29 is 14.0 Å². The first kappa shape index (κ1) is 22.4. The molecule has 1 aromatic heterocycles. The van der Waals surface area contributed by atoms with Crippen molar-refractivity contribution >= 4 is 17.5 Å². The lowest BCUT2D eigenvalue weighted by Crippen LogP contribution is -2.30. The maximum Gasteiger partial charge on any atom is 0.228 e. The van der Waals surface area contributed by atoms with Gasteiger partial charge in [-0.05, 0) is 63.3 Å². The summed E-state index contributed by atoms with van der Waals surface area (Å²) >= 11 is 0. The molecule has 1 aliphatic heterocycles. The molecule has 32 heavy (non-hydrogen) atoms. The first-order valence-corrected chi connectivity index (χ1v) is 11.6. The van der Waals surface area contributed by atoms with Gasteiger partial charge in [0.1, 0.15) is 11.6 Å². The summed E-state index contributed by atoms with van der Waals surface area (Å²) in [6.45, 7) is 5.24. The SMILES string of the molecule is Cc1nc([C@H]2CCN(C(=O)CC3CCCC3)C2)nc(C)c1CC(=O)Nc1ccc(F)cc1.